The fourth-order valence-corrected chi connectivity index (χ4v) is 3.03. The summed E-state index contributed by atoms with van der Waals surface area (Å²) in [6.07, 6.45) is 0. The molecule has 2 aliphatic heterocycles. The molecule has 0 atom stereocenters. The van der Waals surface area contributed by atoms with Gasteiger partial charge in [0.25, 0.3) is 5.91 Å². The Morgan fingerprint density at radius 3 is 3.06 bits per heavy atom. The third-order valence-corrected chi connectivity index (χ3v) is 3.85. The zero-order chi connectivity index (χ0) is 11.1. The highest BCUT2D eigenvalue weighted by atomic mass is 32.2. The molecule has 1 amide bonds. The van der Waals surface area contributed by atoms with Gasteiger partial charge >= 0.3 is 0 Å². The van der Waals surface area contributed by atoms with Crippen LogP contribution < -0.4 is 16.0 Å². The van der Waals surface area contributed by atoms with Gasteiger partial charge in [0.1, 0.15) is 10.7 Å². The third-order valence-electron chi connectivity index (χ3n) is 2.78. The number of thioether (sulfide) groups is 1. The van der Waals surface area contributed by atoms with Crippen LogP contribution in [0.2, 0.25) is 0 Å². The normalized spacial score (nSPS) is 17.9. The molecule has 0 aliphatic carbocycles. The molecule has 0 bridgehead atoms. The van der Waals surface area contributed by atoms with Gasteiger partial charge in [-0.1, -0.05) is 30.0 Å². The molecule has 0 unspecified atom stereocenters. The van der Waals surface area contributed by atoms with Gasteiger partial charge in [0, 0.05) is 12.2 Å². The predicted molar refractivity (Wildman–Crippen MR) is 64.4 cm³/mol. The van der Waals surface area contributed by atoms with E-state index in [1.807, 2.05) is 12.1 Å². The molecule has 82 valence electrons. The van der Waals surface area contributed by atoms with Crippen molar-refractivity contribution in [1.82, 2.24) is 5.32 Å². The number of anilines is 1. The lowest BCUT2D eigenvalue weighted by Crippen LogP contribution is -2.35. The molecule has 2 heterocycles. The minimum absolute atomic E-state index is 0.352. The van der Waals surface area contributed by atoms with E-state index in [1.165, 1.54) is 23.0 Å². The van der Waals surface area contributed by atoms with E-state index in [-0.39, 0.29) is 5.91 Å². The van der Waals surface area contributed by atoms with Crippen LogP contribution in [0, 0.1) is 0 Å². The lowest BCUT2D eigenvalue weighted by Gasteiger charge is -2.30. The molecule has 0 fully saturated rings. The van der Waals surface area contributed by atoms with Crippen LogP contribution in [0.5, 0.6) is 0 Å². The van der Waals surface area contributed by atoms with Crippen LogP contribution in [0.3, 0.4) is 0 Å². The van der Waals surface area contributed by atoms with E-state index >= 15 is 0 Å². The molecule has 16 heavy (non-hydrogen) atoms. The van der Waals surface area contributed by atoms with Gasteiger partial charge in [0.05, 0.1) is 5.88 Å². The summed E-state index contributed by atoms with van der Waals surface area (Å²) in [4.78, 5) is 14.0. The Kier molecular flexibility index (Phi) is 2.07. The average molecular weight is 233 g/mol. The van der Waals surface area contributed by atoms with Crippen molar-refractivity contribution in [3.05, 3.63) is 40.6 Å². The molecule has 5 heteroatoms. The summed E-state index contributed by atoms with van der Waals surface area (Å²) in [5.41, 5.74) is 7.75. The van der Waals surface area contributed by atoms with Crippen molar-refractivity contribution in [1.29, 1.82) is 0 Å². The highest BCUT2D eigenvalue weighted by molar-refractivity contribution is 8.04. The number of benzene rings is 1. The van der Waals surface area contributed by atoms with Crippen molar-refractivity contribution in [2.45, 2.75) is 6.54 Å². The average Bonchev–Trinajstić information content (AvgIpc) is 2.73. The molecule has 4 nitrogen and oxygen atoms in total. The summed E-state index contributed by atoms with van der Waals surface area (Å²) in [6, 6.07) is 8.19. The summed E-state index contributed by atoms with van der Waals surface area (Å²) in [5.74, 6) is 1.25. The second-order valence-electron chi connectivity index (χ2n) is 3.73. The molecule has 0 radical (unpaired) electrons. The van der Waals surface area contributed by atoms with Crippen LogP contribution in [0.4, 0.5) is 5.69 Å². The smallest absolute Gasteiger partial charge is 0.258 e. The molecule has 0 saturated carbocycles. The Labute approximate surface area is 97.5 Å². The number of hydrogen-bond acceptors (Lipinski definition) is 4. The van der Waals surface area contributed by atoms with E-state index in [4.69, 9.17) is 5.73 Å². The molecule has 1 aromatic rings. The van der Waals surface area contributed by atoms with E-state index in [0.29, 0.717) is 4.91 Å². The number of nitrogens with one attached hydrogen (secondary N) is 1. The maximum Gasteiger partial charge on any atom is 0.258 e. The second kappa shape index (κ2) is 3.45. The number of primary amides is 1. The summed E-state index contributed by atoms with van der Waals surface area (Å²) in [6.45, 7) is 0.749. The minimum Gasteiger partial charge on any atom is -0.366 e. The quantitative estimate of drug-likeness (QED) is 0.758. The SMILES string of the molecule is NC(=O)C1=C2NCc3ccccc3N2CS1. The van der Waals surface area contributed by atoms with Gasteiger partial charge in [-0.15, -0.1) is 0 Å². The molecule has 3 rings (SSSR count). The molecule has 1 aromatic carbocycles. The Hall–Kier alpha value is -1.62. The van der Waals surface area contributed by atoms with Gasteiger partial charge in [0.2, 0.25) is 0 Å². The first kappa shape index (κ1) is 9.59. The zero-order valence-electron chi connectivity index (χ0n) is 8.56. The molecule has 0 spiro atoms. The molecule has 2 aliphatic rings. The number of rotatable bonds is 1. The highest BCUT2D eigenvalue weighted by Gasteiger charge is 2.31. The summed E-state index contributed by atoms with van der Waals surface area (Å²) in [7, 11) is 0. The van der Waals surface area contributed by atoms with Crippen LogP contribution in [-0.4, -0.2) is 11.8 Å². The number of amides is 1. The first-order valence-corrected chi connectivity index (χ1v) is 6.02. The largest absolute Gasteiger partial charge is 0.366 e. The Morgan fingerprint density at radius 2 is 2.25 bits per heavy atom. The summed E-state index contributed by atoms with van der Waals surface area (Å²) in [5, 5.41) is 3.25. The monoisotopic (exact) mass is 233 g/mol. The first-order chi connectivity index (χ1) is 7.77. The van der Waals surface area contributed by atoms with Gasteiger partial charge in [0.15, 0.2) is 0 Å². The molecule has 0 saturated heterocycles. The Balaban J connectivity index is 2.09. The van der Waals surface area contributed by atoms with E-state index in [1.54, 1.807) is 0 Å². The lowest BCUT2D eigenvalue weighted by atomic mass is 10.1. The van der Waals surface area contributed by atoms with E-state index in [2.05, 4.69) is 22.3 Å². The van der Waals surface area contributed by atoms with Crippen LogP contribution in [-0.2, 0) is 11.3 Å². The number of fused-ring (bicyclic) bond motifs is 3. The van der Waals surface area contributed by atoms with Crippen LogP contribution in [0.25, 0.3) is 0 Å². The van der Waals surface area contributed by atoms with Crippen molar-refractivity contribution < 1.29 is 4.79 Å². The maximum absolute atomic E-state index is 11.2. The van der Waals surface area contributed by atoms with Gasteiger partial charge in [-0.05, 0) is 11.6 Å². The van der Waals surface area contributed by atoms with Crippen LogP contribution >= 0.6 is 11.8 Å². The van der Waals surface area contributed by atoms with Crippen LogP contribution in [0.1, 0.15) is 5.56 Å². The topological polar surface area (TPSA) is 58.4 Å². The number of nitrogens with two attached hydrogens (primary N) is 1. The van der Waals surface area contributed by atoms with Gasteiger partial charge in [-0.25, -0.2) is 0 Å². The summed E-state index contributed by atoms with van der Waals surface area (Å²) >= 11 is 1.49. The lowest BCUT2D eigenvalue weighted by molar-refractivity contribution is -0.113. The van der Waals surface area contributed by atoms with Gasteiger partial charge < -0.3 is 16.0 Å². The number of carbonyl (C=O) groups is 1. The summed E-state index contributed by atoms with van der Waals surface area (Å²) < 4.78 is 0. The number of nitrogens with zero attached hydrogens (tertiary/aromatic N) is 1. The van der Waals surface area contributed by atoms with E-state index in [9.17, 15) is 4.79 Å². The Bertz CT molecular complexity index is 498. The van der Waals surface area contributed by atoms with Crippen LogP contribution in [0.15, 0.2) is 35.0 Å². The Morgan fingerprint density at radius 1 is 1.44 bits per heavy atom. The van der Waals surface area contributed by atoms with Crippen molar-refractivity contribution in [2.24, 2.45) is 5.73 Å². The third kappa shape index (κ3) is 1.28. The standard InChI is InChI=1S/C11H11N3OS/c12-10(15)9-11-13-5-7-3-1-2-4-8(7)14(11)6-16-9/h1-4,13H,5-6H2,(H2,12,15). The number of para-hydroxylation sites is 1. The van der Waals surface area contributed by atoms with Gasteiger partial charge in [-0.3, -0.25) is 4.79 Å². The van der Waals surface area contributed by atoms with Crippen molar-refractivity contribution >= 4 is 23.4 Å². The van der Waals surface area contributed by atoms with Crippen molar-refractivity contribution in [3.8, 4) is 0 Å². The fraction of sp³-hybridized carbons (Fsp3) is 0.182. The van der Waals surface area contributed by atoms with E-state index < -0.39 is 0 Å². The molecule has 0 aromatic heterocycles. The zero-order valence-corrected chi connectivity index (χ0v) is 9.38. The highest BCUT2D eigenvalue weighted by Crippen LogP contribution is 2.38. The van der Waals surface area contributed by atoms with Crippen molar-refractivity contribution in [3.63, 3.8) is 0 Å². The van der Waals surface area contributed by atoms with Crippen molar-refractivity contribution in [2.75, 3.05) is 10.8 Å². The predicted octanol–water partition coefficient (Wildman–Crippen LogP) is 0.955. The molecule has 3 N–H and O–H groups in total. The number of carbonyl (C=O) groups excluding carboxylic acids is 1. The second-order valence-corrected chi connectivity index (χ2v) is 4.68. The first-order valence-electron chi connectivity index (χ1n) is 5.03. The van der Waals surface area contributed by atoms with Gasteiger partial charge in [-0.2, -0.15) is 0 Å². The minimum atomic E-state index is -0.352. The van der Waals surface area contributed by atoms with E-state index in [0.717, 1.165) is 18.2 Å². The molecular formula is C11H11N3OS. The maximum atomic E-state index is 11.2. The number of hydrogen-bond donors (Lipinski definition) is 2. The fourth-order valence-electron chi connectivity index (χ4n) is 2.04. The molecular weight excluding hydrogens is 222 g/mol.